The van der Waals surface area contributed by atoms with E-state index in [4.69, 9.17) is 0 Å². The lowest BCUT2D eigenvalue weighted by Crippen LogP contribution is -2.26. The van der Waals surface area contributed by atoms with Crippen molar-refractivity contribution in [3.05, 3.63) is 29.3 Å². The molecular formula is C19H29N. The van der Waals surface area contributed by atoms with Crippen LogP contribution >= 0.6 is 0 Å². The molecule has 1 N–H and O–H groups in total. The molecule has 20 heavy (non-hydrogen) atoms. The van der Waals surface area contributed by atoms with Crippen LogP contribution in [0.1, 0.15) is 76.3 Å². The second-order valence-electron chi connectivity index (χ2n) is 7.58. The molecule has 3 unspecified atom stereocenters. The zero-order valence-electron chi connectivity index (χ0n) is 13.4. The maximum absolute atomic E-state index is 3.89. The van der Waals surface area contributed by atoms with Gasteiger partial charge >= 0.3 is 0 Å². The Hall–Kier alpha value is -0.980. The van der Waals surface area contributed by atoms with Crippen molar-refractivity contribution in [2.45, 2.75) is 71.3 Å². The topological polar surface area (TPSA) is 12.0 Å². The molecule has 1 nitrogen and oxygen atoms in total. The molecule has 2 aliphatic carbocycles. The highest BCUT2D eigenvalue weighted by Gasteiger charge is 2.39. The summed E-state index contributed by atoms with van der Waals surface area (Å²) in [6.07, 6.45) is 5.79. The summed E-state index contributed by atoms with van der Waals surface area (Å²) in [5.41, 5.74) is 4.35. The molecule has 2 fully saturated rings. The minimum Gasteiger partial charge on any atom is -0.382 e. The van der Waals surface area contributed by atoms with E-state index in [0.29, 0.717) is 11.8 Å². The van der Waals surface area contributed by atoms with E-state index in [1.165, 1.54) is 42.5 Å². The number of hydrogen-bond acceptors (Lipinski definition) is 1. The maximum atomic E-state index is 3.89. The first-order valence-electron chi connectivity index (χ1n) is 8.45. The van der Waals surface area contributed by atoms with Crippen LogP contribution in [-0.4, -0.2) is 6.04 Å². The first-order chi connectivity index (χ1) is 9.54. The van der Waals surface area contributed by atoms with Gasteiger partial charge in [0, 0.05) is 11.7 Å². The first kappa shape index (κ1) is 14.0. The number of rotatable bonds is 4. The van der Waals surface area contributed by atoms with Gasteiger partial charge in [0.25, 0.3) is 0 Å². The molecule has 0 amide bonds. The van der Waals surface area contributed by atoms with Crippen LogP contribution in [0.2, 0.25) is 0 Å². The summed E-state index contributed by atoms with van der Waals surface area (Å²) in [5, 5.41) is 3.89. The van der Waals surface area contributed by atoms with Crippen LogP contribution in [0.4, 0.5) is 5.69 Å². The first-order valence-corrected chi connectivity index (χ1v) is 8.45. The van der Waals surface area contributed by atoms with Crippen LogP contribution in [0.3, 0.4) is 0 Å². The second-order valence-corrected chi connectivity index (χ2v) is 7.58. The van der Waals surface area contributed by atoms with Gasteiger partial charge in [-0.05, 0) is 60.1 Å². The quantitative estimate of drug-likeness (QED) is 0.758. The Kier molecular flexibility index (Phi) is 3.79. The molecule has 110 valence electrons. The molecule has 0 aliphatic heterocycles. The number of benzene rings is 1. The maximum Gasteiger partial charge on any atom is 0.0377 e. The molecule has 2 bridgehead atoms. The van der Waals surface area contributed by atoms with E-state index in [9.17, 15) is 0 Å². The summed E-state index contributed by atoms with van der Waals surface area (Å²) in [6, 6.07) is 7.80. The lowest BCUT2D eigenvalue weighted by molar-refractivity contribution is 0.439. The zero-order valence-corrected chi connectivity index (χ0v) is 13.4. The van der Waals surface area contributed by atoms with Gasteiger partial charge in [-0.15, -0.1) is 0 Å². The summed E-state index contributed by atoms with van der Waals surface area (Å²) in [5.74, 6) is 3.15. The Bertz CT molecular complexity index is 475. The summed E-state index contributed by atoms with van der Waals surface area (Å²) in [7, 11) is 0. The third-order valence-corrected chi connectivity index (χ3v) is 5.44. The van der Waals surface area contributed by atoms with E-state index in [-0.39, 0.29) is 0 Å². The van der Waals surface area contributed by atoms with Crippen LogP contribution < -0.4 is 5.32 Å². The van der Waals surface area contributed by atoms with Gasteiger partial charge in [-0.25, -0.2) is 0 Å². The molecule has 3 atom stereocenters. The van der Waals surface area contributed by atoms with Gasteiger partial charge in [-0.1, -0.05) is 46.2 Å². The smallest absolute Gasteiger partial charge is 0.0377 e. The monoisotopic (exact) mass is 271 g/mol. The molecule has 0 heterocycles. The van der Waals surface area contributed by atoms with Gasteiger partial charge in [-0.2, -0.15) is 0 Å². The lowest BCUT2D eigenvalue weighted by Gasteiger charge is -2.26. The number of nitrogens with one attached hydrogen (secondary N) is 1. The van der Waals surface area contributed by atoms with Crippen molar-refractivity contribution < 1.29 is 0 Å². The average Bonchev–Trinajstić information content (AvgIpc) is 3.01. The van der Waals surface area contributed by atoms with Crippen LogP contribution in [0.5, 0.6) is 0 Å². The Morgan fingerprint density at radius 1 is 1.00 bits per heavy atom. The minimum atomic E-state index is 0.592. The van der Waals surface area contributed by atoms with Crippen molar-refractivity contribution in [3.63, 3.8) is 0 Å². The number of anilines is 1. The van der Waals surface area contributed by atoms with Crippen LogP contribution in [0, 0.1) is 11.8 Å². The van der Waals surface area contributed by atoms with Crippen LogP contribution in [0.25, 0.3) is 0 Å². The van der Waals surface area contributed by atoms with Gasteiger partial charge in [0.05, 0.1) is 0 Å². The van der Waals surface area contributed by atoms with Gasteiger partial charge in [0.1, 0.15) is 0 Å². The number of hydrogen-bond donors (Lipinski definition) is 1. The van der Waals surface area contributed by atoms with Crippen molar-refractivity contribution in [1.82, 2.24) is 0 Å². The van der Waals surface area contributed by atoms with Gasteiger partial charge in [0.2, 0.25) is 0 Å². The summed E-state index contributed by atoms with van der Waals surface area (Å²) < 4.78 is 0. The molecule has 1 aromatic rings. The number of fused-ring (bicyclic) bond motifs is 2. The highest BCUT2D eigenvalue weighted by molar-refractivity contribution is 5.55. The van der Waals surface area contributed by atoms with Crippen molar-refractivity contribution in [2.75, 3.05) is 5.32 Å². The van der Waals surface area contributed by atoms with E-state index in [2.05, 4.69) is 51.2 Å². The Morgan fingerprint density at radius 2 is 1.80 bits per heavy atom. The fourth-order valence-electron chi connectivity index (χ4n) is 4.17. The molecule has 0 spiro atoms. The Labute approximate surface area is 124 Å². The van der Waals surface area contributed by atoms with Crippen molar-refractivity contribution in [2.24, 2.45) is 11.8 Å². The van der Waals surface area contributed by atoms with Gasteiger partial charge in [0.15, 0.2) is 0 Å². The van der Waals surface area contributed by atoms with E-state index in [1.54, 1.807) is 0 Å². The largest absolute Gasteiger partial charge is 0.382 e. The van der Waals surface area contributed by atoms with Crippen LogP contribution in [0.15, 0.2) is 18.2 Å². The van der Waals surface area contributed by atoms with Crippen LogP contribution in [-0.2, 0) is 0 Å². The van der Waals surface area contributed by atoms with Gasteiger partial charge in [-0.3, -0.25) is 0 Å². The molecule has 1 heteroatoms. The zero-order chi connectivity index (χ0) is 14.3. The normalized spacial score (nSPS) is 28.6. The Morgan fingerprint density at radius 3 is 2.35 bits per heavy atom. The predicted octanol–water partition coefficient (Wildman–Crippen LogP) is 5.53. The molecule has 1 aromatic carbocycles. The van der Waals surface area contributed by atoms with Crippen molar-refractivity contribution in [3.8, 4) is 0 Å². The fourth-order valence-corrected chi connectivity index (χ4v) is 4.17. The second kappa shape index (κ2) is 5.42. The van der Waals surface area contributed by atoms with Gasteiger partial charge < -0.3 is 5.32 Å². The third kappa shape index (κ3) is 2.60. The SMILES string of the molecule is CC(C)c1ccc(NC2CC3CCC2C3)c(C(C)C)c1. The average molecular weight is 271 g/mol. The molecular weight excluding hydrogens is 242 g/mol. The lowest BCUT2D eigenvalue weighted by atomic mass is 9.92. The third-order valence-electron chi connectivity index (χ3n) is 5.44. The molecule has 3 rings (SSSR count). The highest BCUT2D eigenvalue weighted by atomic mass is 14.9. The fraction of sp³-hybridized carbons (Fsp3) is 0.684. The molecule has 0 radical (unpaired) electrons. The summed E-state index contributed by atoms with van der Waals surface area (Å²) >= 11 is 0. The van der Waals surface area contributed by atoms with E-state index in [1.807, 2.05) is 0 Å². The standard InChI is InChI=1S/C19H29N/c1-12(2)15-7-8-18(17(11-15)13(3)4)20-19-10-14-5-6-16(19)9-14/h7-8,11-14,16,19-20H,5-6,9-10H2,1-4H3. The Balaban J connectivity index is 1.81. The summed E-state index contributed by atoms with van der Waals surface area (Å²) in [4.78, 5) is 0. The summed E-state index contributed by atoms with van der Waals surface area (Å²) in [6.45, 7) is 9.18. The molecule has 2 aliphatic rings. The minimum absolute atomic E-state index is 0.592. The van der Waals surface area contributed by atoms with Crippen molar-refractivity contribution in [1.29, 1.82) is 0 Å². The van der Waals surface area contributed by atoms with E-state index >= 15 is 0 Å². The molecule has 2 saturated carbocycles. The molecule has 0 aromatic heterocycles. The van der Waals surface area contributed by atoms with E-state index < -0.39 is 0 Å². The van der Waals surface area contributed by atoms with Crippen molar-refractivity contribution >= 4 is 5.69 Å². The van der Waals surface area contributed by atoms with E-state index in [0.717, 1.165) is 17.9 Å². The molecule has 0 saturated heterocycles. The highest BCUT2D eigenvalue weighted by Crippen LogP contribution is 2.46. The predicted molar refractivity (Wildman–Crippen MR) is 87.5 cm³/mol.